The fourth-order valence-corrected chi connectivity index (χ4v) is 3.72. The van der Waals surface area contributed by atoms with Crippen LogP contribution in [-0.2, 0) is 11.8 Å². The third kappa shape index (κ3) is 3.94. The molecule has 9 nitrogen and oxygen atoms in total. The molecular weight excluding hydrogens is 382 g/mol. The van der Waals surface area contributed by atoms with Crippen LogP contribution in [0.4, 0.5) is 10.5 Å². The topological polar surface area (TPSA) is 100 Å². The van der Waals surface area contributed by atoms with E-state index >= 15 is 0 Å². The van der Waals surface area contributed by atoms with Crippen LogP contribution in [0, 0.1) is 11.3 Å². The van der Waals surface area contributed by atoms with Crippen LogP contribution in [0.5, 0.6) is 0 Å². The fraction of sp³-hybridized carbons (Fsp3) is 0.429. The van der Waals surface area contributed by atoms with Crippen molar-refractivity contribution in [1.29, 1.82) is 5.26 Å². The summed E-state index contributed by atoms with van der Waals surface area (Å²) in [6, 6.07) is 4.26. The molecule has 1 amide bonds. The van der Waals surface area contributed by atoms with E-state index < -0.39 is 11.7 Å². The summed E-state index contributed by atoms with van der Waals surface area (Å²) in [5, 5.41) is 21.1. The van der Waals surface area contributed by atoms with E-state index in [1.807, 2.05) is 40.2 Å². The number of ether oxygens (including phenoxy) is 1. The van der Waals surface area contributed by atoms with Crippen LogP contribution in [0.15, 0.2) is 30.9 Å². The minimum atomic E-state index is -0.536. The number of carbonyl (C=O) groups is 1. The SMILES string of the molecule is Cn1cc(-c2cc(N3CC[C@@H](NC(=O)OC(C)(C)C)C3)c3c(C#N)cnn3c2)cn1. The van der Waals surface area contributed by atoms with Gasteiger partial charge in [-0.15, -0.1) is 0 Å². The Bertz CT molecular complexity index is 1130. The minimum Gasteiger partial charge on any atom is -0.444 e. The third-order valence-corrected chi connectivity index (χ3v) is 5.00. The maximum Gasteiger partial charge on any atom is 0.407 e. The number of alkyl carbamates (subject to hydrolysis) is 1. The number of aromatic nitrogens is 4. The zero-order valence-electron chi connectivity index (χ0n) is 17.6. The van der Waals surface area contributed by atoms with Crippen molar-refractivity contribution in [2.24, 2.45) is 7.05 Å². The Kier molecular flexibility index (Phi) is 4.86. The lowest BCUT2D eigenvalue weighted by molar-refractivity contribution is 0.0509. The van der Waals surface area contributed by atoms with Crippen LogP contribution >= 0.6 is 0 Å². The molecule has 1 aliphatic rings. The van der Waals surface area contributed by atoms with Gasteiger partial charge in [-0.1, -0.05) is 0 Å². The molecule has 1 fully saturated rings. The molecular formula is C21H25N7O2. The number of pyridine rings is 1. The Balaban J connectivity index is 1.64. The molecule has 30 heavy (non-hydrogen) atoms. The summed E-state index contributed by atoms with van der Waals surface area (Å²) >= 11 is 0. The van der Waals surface area contributed by atoms with Crippen LogP contribution in [-0.4, -0.2) is 50.2 Å². The summed E-state index contributed by atoms with van der Waals surface area (Å²) in [5.41, 5.74) is 3.60. The zero-order valence-corrected chi connectivity index (χ0v) is 17.6. The lowest BCUT2D eigenvalue weighted by Gasteiger charge is -2.23. The first-order valence-corrected chi connectivity index (χ1v) is 9.88. The summed E-state index contributed by atoms with van der Waals surface area (Å²) in [5.74, 6) is 0. The van der Waals surface area contributed by atoms with Gasteiger partial charge >= 0.3 is 6.09 Å². The second-order valence-electron chi connectivity index (χ2n) is 8.56. The number of fused-ring (bicyclic) bond motifs is 1. The van der Waals surface area contributed by atoms with Crippen molar-refractivity contribution >= 4 is 17.3 Å². The largest absolute Gasteiger partial charge is 0.444 e. The second kappa shape index (κ2) is 7.37. The van der Waals surface area contributed by atoms with Gasteiger partial charge in [0.05, 0.1) is 29.7 Å². The molecule has 1 saturated heterocycles. The van der Waals surface area contributed by atoms with Crippen LogP contribution in [0.25, 0.3) is 16.6 Å². The maximum atomic E-state index is 12.2. The molecule has 1 aliphatic heterocycles. The molecule has 3 aromatic heterocycles. The van der Waals surface area contributed by atoms with E-state index in [2.05, 4.69) is 32.5 Å². The number of rotatable bonds is 3. The number of anilines is 1. The summed E-state index contributed by atoms with van der Waals surface area (Å²) in [6.45, 7) is 6.91. The second-order valence-corrected chi connectivity index (χ2v) is 8.56. The van der Waals surface area contributed by atoms with E-state index in [4.69, 9.17) is 4.74 Å². The van der Waals surface area contributed by atoms with Crippen molar-refractivity contribution < 1.29 is 9.53 Å². The molecule has 1 atom stereocenters. The summed E-state index contributed by atoms with van der Waals surface area (Å²) in [7, 11) is 1.87. The highest BCUT2D eigenvalue weighted by atomic mass is 16.6. The standard InChI is InChI=1S/C21H25N7O2/c1-21(2,3)30-20(29)25-17-5-6-27(13-17)18-7-14(16-10-23-26(4)11-16)12-28-19(18)15(8-22)9-24-28/h7,9-12,17H,5-6,13H2,1-4H3,(H,25,29)/t17-/m1/s1. The molecule has 4 rings (SSSR count). The molecule has 0 radical (unpaired) electrons. The number of hydrogen-bond acceptors (Lipinski definition) is 6. The van der Waals surface area contributed by atoms with Gasteiger partial charge in [0, 0.05) is 43.7 Å². The van der Waals surface area contributed by atoms with Gasteiger partial charge in [0.25, 0.3) is 0 Å². The van der Waals surface area contributed by atoms with Crippen LogP contribution in [0.1, 0.15) is 32.8 Å². The van der Waals surface area contributed by atoms with E-state index in [1.165, 1.54) is 0 Å². The maximum absolute atomic E-state index is 12.2. The van der Waals surface area contributed by atoms with E-state index in [0.29, 0.717) is 12.1 Å². The molecule has 156 valence electrons. The molecule has 9 heteroatoms. The van der Waals surface area contributed by atoms with Gasteiger partial charge < -0.3 is 15.0 Å². The zero-order chi connectivity index (χ0) is 21.5. The number of carbonyl (C=O) groups excluding carboxylic acids is 1. The van der Waals surface area contributed by atoms with Gasteiger partial charge in [-0.05, 0) is 33.3 Å². The lowest BCUT2D eigenvalue weighted by atomic mass is 10.1. The number of hydrogen-bond donors (Lipinski definition) is 1. The molecule has 0 aromatic carbocycles. The van der Waals surface area contributed by atoms with Gasteiger partial charge in [0.1, 0.15) is 17.2 Å². The van der Waals surface area contributed by atoms with E-state index in [0.717, 1.165) is 35.3 Å². The minimum absolute atomic E-state index is 0.0320. The number of nitrogens with one attached hydrogen (secondary N) is 1. The number of nitriles is 1. The van der Waals surface area contributed by atoms with Crippen molar-refractivity contribution in [3.8, 4) is 17.2 Å². The highest BCUT2D eigenvalue weighted by molar-refractivity contribution is 5.83. The Labute approximate surface area is 174 Å². The van der Waals surface area contributed by atoms with E-state index in [9.17, 15) is 10.1 Å². The van der Waals surface area contributed by atoms with Crippen LogP contribution < -0.4 is 10.2 Å². The molecule has 0 unspecified atom stereocenters. The van der Waals surface area contributed by atoms with Gasteiger partial charge in [0.2, 0.25) is 0 Å². The number of nitrogens with zero attached hydrogens (tertiary/aromatic N) is 6. The molecule has 4 heterocycles. The number of aryl methyl sites for hydroxylation is 1. The van der Waals surface area contributed by atoms with Crippen LogP contribution in [0.3, 0.4) is 0 Å². The highest BCUT2D eigenvalue weighted by Crippen LogP contribution is 2.32. The van der Waals surface area contributed by atoms with Crippen molar-refractivity contribution in [2.45, 2.75) is 38.8 Å². The normalized spacial score (nSPS) is 16.6. The van der Waals surface area contributed by atoms with E-state index in [1.54, 1.807) is 21.6 Å². The van der Waals surface area contributed by atoms with Crippen molar-refractivity contribution in [3.05, 3.63) is 36.4 Å². The van der Waals surface area contributed by atoms with Crippen LogP contribution in [0.2, 0.25) is 0 Å². The summed E-state index contributed by atoms with van der Waals surface area (Å²) in [4.78, 5) is 14.3. The van der Waals surface area contributed by atoms with Gasteiger partial charge in [-0.3, -0.25) is 4.68 Å². The smallest absolute Gasteiger partial charge is 0.407 e. The molecule has 3 aromatic rings. The van der Waals surface area contributed by atoms with Gasteiger partial charge in [0.15, 0.2) is 0 Å². The van der Waals surface area contributed by atoms with Gasteiger partial charge in [-0.25, -0.2) is 9.31 Å². The Morgan fingerprint density at radius 2 is 2.07 bits per heavy atom. The molecule has 0 saturated carbocycles. The quantitative estimate of drug-likeness (QED) is 0.716. The molecule has 0 bridgehead atoms. The molecule has 0 spiro atoms. The summed E-state index contributed by atoms with van der Waals surface area (Å²) in [6.07, 6.45) is 7.61. The van der Waals surface area contributed by atoms with Crippen molar-refractivity contribution in [1.82, 2.24) is 24.7 Å². The first kappa shape index (κ1) is 19.8. The average molecular weight is 407 g/mol. The Morgan fingerprint density at radius 1 is 1.27 bits per heavy atom. The predicted octanol–water partition coefficient (Wildman–Crippen LogP) is 2.71. The lowest BCUT2D eigenvalue weighted by Crippen LogP contribution is -2.40. The first-order valence-electron chi connectivity index (χ1n) is 9.88. The summed E-state index contributed by atoms with van der Waals surface area (Å²) < 4.78 is 8.87. The van der Waals surface area contributed by atoms with Gasteiger partial charge in [-0.2, -0.15) is 15.5 Å². The number of amides is 1. The Morgan fingerprint density at radius 3 is 2.73 bits per heavy atom. The van der Waals surface area contributed by atoms with E-state index in [-0.39, 0.29) is 6.04 Å². The third-order valence-electron chi connectivity index (χ3n) is 5.00. The average Bonchev–Trinajstić information content (AvgIpc) is 3.38. The van der Waals surface area contributed by atoms with Crippen molar-refractivity contribution in [2.75, 3.05) is 18.0 Å². The molecule has 0 aliphatic carbocycles. The first-order chi connectivity index (χ1) is 14.2. The predicted molar refractivity (Wildman–Crippen MR) is 112 cm³/mol. The monoisotopic (exact) mass is 407 g/mol. The molecule has 1 N–H and O–H groups in total. The van der Waals surface area contributed by atoms with Crippen molar-refractivity contribution in [3.63, 3.8) is 0 Å². The highest BCUT2D eigenvalue weighted by Gasteiger charge is 2.28. The Hall–Kier alpha value is -3.54. The fourth-order valence-electron chi connectivity index (χ4n) is 3.72.